The summed E-state index contributed by atoms with van der Waals surface area (Å²) < 4.78 is 18.6. The van der Waals surface area contributed by atoms with Crippen LogP contribution in [0, 0.1) is 5.95 Å². The number of carbonyl (C=O) groups is 1. The van der Waals surface area contributed by atoms with E-state index in [-0.39, 0.29) is 17.7 Å². The highest BCUT2D eigenvalue weighted by molar-refractivity contribution is 5.96. The molecule has 0 unspecified atom stereocenters. The molecule has 0 spiro atoms. The molecule has 4 aromatic rings. The summed E-state index contributed by atoms with van der Waals surface area (Å²) in [4.78, 5) is 16.2. The Morgan fingerprint density at radius 2 is 1.89 bits per heavy atom. The zero-order valence-electron chi connectivity index (χ0n) is 14.6. The number of fused-ring (bicyclic) bond motifs is 1. The van der Waals surface area contributed by atoms with Crippen LogP contribution in [0.15, 0.2) is 77.3 Å². The molecule has 4 rings (SSSR count). The van der Waals surface area contributed by atoms with Crippen molar-refractivity contribution in [1.29, 1.82) is 0 Å². The summed E-state index contributed by atoms with van der Waals surface area (Å²) in [6.45, 7) is 1.91. The minimum atomic E-state index is -0.513. The van der Waals surface area contributed by atoms with Crippen LogP contribution < -0.4 is 5.32 Å². The molecular formula is C22H17FN2O2. The number of aromatic nitrogens is 1. The summed E-state index contributed by atoms with van der Waals surface area (Å²) in [6.07, 6.45) is 1.49. The van der Waals surface area contributed by atoms with Gasteiger partial charge in [-0.05, 0) is 48.4 Å². The predicted octanol–water partition coefficient (Wildman–Crippen LogP) is 5.12. The van der Waals surface area contributed by atoms with Crippen molar-refractivity contribution in [2.45, 2.75) is 13.0 Å². The Bertz CT molecular complexity index is 1070. The number of furan rings is 1. The van der Waals surface area contributed by atoms with Gasteiger partial charge in [0, 0.05) is 17.1 Å². The Kier molecular flexibility index (Phi) is 4.42. The fourth-order valence-corrected chi connectivity index (χ4v) is 2.98. The molecule has 4 nitrogen and oxygen atoms in total. The molecule has 5 heteroatoms. The zero-order chi connectivity index (χ0) is 18.8. The minimum Gasteiger partial charge on any atom is -0.451 e. The molecule has 1 atom stereocenters. The van der Waals surface area contributed by atoms with Crippen molar-refractivity contribution < 1.29 is 13.6 Å². The Balaban J connectivity index is 1.54. The van der Waals surface area contributed by atoms with Crippen LogP contribution in [0.1, 0.15) is 29.1 Å². The highest BCUT2D eigenvalue weighted by Gasteiger charge is 2.16. The Labute approximate surface area is 155 Å². The molecule has 0 aliphatic carbocycles. The number of amides is 1. The number of hydrogen-bond acceptors (Lipinski definition) is 3. The fourth-order valence-electron chi connectivity index (χ4n) is 2.98. The first-order chi connectivity index (χ1) is 13.1. The summed E-state index contributed by atoms with van der Waals surface area (Å²) in [6, 6.07) is 19.7. The van der Waals surface area contributed by atoms with Crippen molar-refractivity contribution in [3.63, 3.8) is 0 Å². The highest BCUT2D eigenvalue weighted by atomic mass is 19.1. The second kappa shape index (κ2) is 7.03. The van der Waals surface area contributed by atoms with Gasteiger partial charge in [-0.3, -0.25) is 4.79 Å². The lowest BCUT2D eigenvalue weighted by molar-refractivity contribution is 0.0914. The van der Waals surface area contributed by atoms with E-state index in [4.69, 9.17) is 4.42 Å². The largest absolute Gasteiger partial charge is 0.451 e. The number of nitrogens with one attached hydrogen (secondary N) is 1. The number of pyridine rings is 1. The Hall–Kier alpha value is -3.47. The van der Waals surface area contributed by atoms with E-state index in [1.807, 2.05) is 55.5 Å². The molecule has 2 aromatic carbocycles. The first-order valence-electron chi connectivity index (χ1n) is 8.61. The molecule has 0 aliphatic heterocycles. The second-order valence-electron chi connectivity index (χ2n) is 6.34. The third-order valence-electron chi connectivity index (χ3n) is 4.44. The maximum absolute atomic E-state index is 13.0. The van der Waals surface area contributed by atoms with E-state index in [1.165, 1.54) is 12.3 Å². The van der Waals surface area contributed by atoms with E-state index in [0.717, 1.165) is 22.1 Å². The van der Waals surface area contributed by atoms with Gasteiger partial charge < -0.3 is 9.73 Å². The van der Waals surface area contributed by atoms with Crippen molar-refractivity contribution in [3.8, 4) is 11.1 Å². The lowest BCUT2D eigenvalue weighted by atomic mass is 10.0. The summed E-state index contributed by atoms with van der Waals surface area (Å²) in [7, 11) is 0. The molecule has 1 amide bonds. The third kappa shape index (κ3) is 3.58. The molecule has 2 heterocycles. The number of rotatable bonds is 4. The SMILES string of the molecule is C[C@@H](NC(=O)c1cc2ccccc2o1)c1cccc(-c2ccc(F)nc2)c1. The fraction of sp³-hybridized carbons (Fsp3) is 0.0909. The highest BCUT2D eigenvalue weighted by Crippen LogP contribution is 2.24. The van der Waals surface area contributed by atoms with Crippen molar-refractivity contribution in [1.82, 2.24) is 10.3 Å². The summed E-state index contributed by atoms with van der Waals surface area (Å²) in [5.41, 5.74) is 3.33. The van der Waals surface area contributed by atoms with Crippen LogP contribution in [0.25, 0.3) is 22.1 Å². The topological polar surface area (TPSA) is 55.1 Å². The summed E-state index contributed by atoms with van der Waals surface area (Å²) in [5, 5.41) is 3.84. The number of benzene rings is 2. The van der Waals surface area contributed by atoms with Gasteiger partial charge in [-0.15, -0.1) is 0 Å². The van der Waals surface area contributed by atoms with Gasteiger partial charge in [-0.25, -0.2) is 4.98 Å². The van der Waals surface area contributed by atoms with Gasteiger partial charge in [0.05, 0.1) is 6.04 Å². The molecule has 27 heavy (non-hydrogen) atoms. The molecule has 0 saturated carbocycles. The second-order valence-corrected chi connectivity index (χ2v) is 6.34. The van der Waals surface area contributed by atoms with Crippen molar-refractivity contribution in [2.75, 3.05) is 0 Å². The molecular weight excluding hydrogens is 343 g/mol. The molecule has 0 fully saturated rings. The monoisotopic (exact) mass is 360 g/mol. The van der Waals surface area contributed by atoms with Gasteiger partial charge in [-0.1, -0.05) is 36.4 Å². The normalized spacial score (nSPS) is 12.1. The van der Waals surface area contributed by atoms with Gasteiger partial charge in [0.15, 0.2) is 5.76 Å². The van der Waals surface area contributed by atoms with Gasteiger partial charge in [0.2, 0.25) is 5.95 Å². The van der Waals surface area contributed by atoms with Crippen LogP contribution in [-0.4, -0.2) is 10.9 Å². The molecule has 0 radical (unpaired) electrons. The molecule has 1 N–H and O–H groups in total. The van der Waals surface area contributed by atoms with E-state index < -0.39 is 5.95 Å². The number of carbonyl (C=O) groups excluding carboxylic acids is 1. The smallest absolute Gasteiger partial charge is 0.287 e. The lowest BCUT2D eigenvalue weighted by Crippen LogP contribution is -2.26. The molecule has 0 bridgehead atoms. The van der Waals surface area contributed by atoms with E-state index in [1.54, 1.807) is 12.1 Å². The molecule has 2 aromatic heterocycles. The van der Waals surface area contributed by atoms with E-state index in [9.17, 15) is 9.18 Å². The van der Waals surface area contributed by atoms with Crippen molar-refractivity contribution >= 4 is 16.9 Å². The maximum atomic E-state index is 13.0. The van der Waals surface area contributed by atoms with Crippen LogP contribution in [0.4, 0.5) is 4.39 Å². The quantitative estimate of drug-likeness (QED) is 0.514. The van der Waals surface area contributed by atoms with Crippen molar-refractivity contribution in [2.24, 2.45) is 0 Å². The maximum Gasteiger partial charge on any atom is 0.287 e. The standard InChI is InChI=1S/C22H17FN2O2/c1-14(25-22(26)20-12-17-5-2-3-8-19(17)27-20)15-6-4-7-16(11-15)18-9-10-21(23)24-13-18/h2-14H,1H3,(H,25,26)/t14-/m1/s1. The van der Waals surface area contributed by atoms with Gasteiger partial charge in [0.1, 0.15) is 5.58 Å². The Morgan fingerprint density at radius 3 is 2.67 bits per heavy atom. The van der Waals surface area contributed by atoms with Gasteiger partial charge >= 0.3 is 0 Å². The number of halogens is 1. The minimum absolute atomic E-state index is 0.223. The lowest BCUT2D eigenvalue weighted by Gasteiger charge is -2.14. The van der Waals surface area contributed by atoms with E-state index in [0.29, 0.717) is 5.58 Å². The van der Waals surface area contributed by atoms with Crippen LogP contribution in [0.5, 0.6) is 0 Å². The van der Waals surface area contributed by atoms with Crippen LogP contribution in [0.3, 0.4) is 0 Å². The van der Waals surface area contributed by atoms with Crippen LogP contribution >= 0.6 is 0 Å². The van der Waals surface area contributed by atoms with E-state index >= 15 is 0 Å². The first kappa shape index (κ1) is 17.0. The van der Waals surface area contributed by atoms with Gasteiger partial charge in [-0.2, -0.15) is 4.39 Å². The zero-order valence-corrected chi connectivity index (χ0v) is 14.6. The number of para-hydroxylation sites is 1. The van der Waals surface area contributed by atoms with Crippen LogP contribution in [0.2, 0.25) is 0 Å². The average Bonchev–Trinajstić information content (AvgIpc) is 3.13. The molecule has 0 saturated heterocycles. The number of nitrogens with zero attached hydrogens (tertiary/aromatic N) is 1. The number of hydrogen-bond donors (Lipinski definition) is 1. The summed E-state index contributed by atoms with van der Waals surface area (Å²) in [5.74, 6) is -0.504. The van der Waals surface area contributed by atoms with Crippen molar-refractivity contribution in [3.05, 3.63) is 90.2 Å². The summed E-state index contributed by atoms with van der Waals surface area (Å²) >= 11 is 0. The van der Waals surface area contributed by atoms with Gasteiger partial charge in [0.25, 0.3) is 5.91 Å². The first-order valence-corrected chi connectivity index (χ1v) is 8.61. The molecule has 134 valence electrons. The predicted molar refractivity (Wildman–Crippen MR) is 102 cm³/mol. The Morgan fingerprint density at radius 1 is 1.04 bits per heavy atom. The average molecular weight is 360 g/mol. The molecule has 0 aliphatic rings. The van der Waals surface area contributed by atoms with Crippen LogP contribution in [-0.2, 0) is 0 Å². The van der Waals surface area contributed by atoms with E-state index in [2.05, 4.69) is 10.3 Å². The third-order valence-corrected chi connectivity index (χ3v) is 4.44.